The number of hydrogen-bond donors (Lipinski definition) is 2. The fraction of sp³-hybridized carbons (Fsp3) is 0.529. The molecule has 0 aliphatic heterocycles. The van der Waals surface area contributed by atoms with E-state index in [9.17, 15) is 4.79 Å². The maximum Gasteiger partial charge on any atom is 0.243 e. The van der Waals surface area contributed by atoms with E-state index in [1.165, 1.54) is 4.90 Å². The van der Waals surface area contributed by atoms with E-state index < -0.39 is 0 Å². The van der Waals surface area contributed by atoms with Gasteiger partial charge in [-0.1, -0.05) is 6.07 Å². The maximum absolute atomic E-state index is 11.6. The van der Waals surface area contributed by atoms with Gasteiger partial charge in [-0.15, -0.1) is 0 Å². The lowest BCUT2D eigenvalue weighted by molar-refractivity contribution is -0.127. The van der Waals surface area contributed by atoms with Gasteiger partial charge in [0.1, 0.15) is 18.0 Å². The number of benzene rings is 1. The monoisotopic (exact) mass is 336 g/mol. The van der Waals surface area contributed by atoms with Crippen LogP contribution in [0.3, 0.4) is 0 Å². The van der Waals surface area contributed by atoms with E-state index in [0.717, 1.165) is 24.5 Å². The first-order valence-electron chi connectivity index (χ1n) is 8.06. The number of methoxy groups -OCH3 is 1. The average molecular weight is 336 g/mol. The molecule has 1 amide bonds. The summed E-state index contributed by atoms with van der Waals surface area (Å²) in [6.07, 6.45) is 0.809. The third-order valence-electron chi connectivity index (χ3n) is 3.14. The maximum atomic E-state index is 11.6. The summed E-state index contributed by atoms with van der Waals surface area (Å²) < 4.78 is 10.8. The standard InChI is InChI=1S/C17H28N4O3/c1-5-18-17(20-13-16(22)21(2)3)19-10-7-11-24-15-9-6-8-14(12-15)23-4/h6,8-9,12H,5,7,10-11,13H2,1-4H3,(H2,18,19,20). The van der Waals surface area contributed by atoms with E-state index in [4.69, 9.17) is 9.47 Å². The quantitative estimate of drug-likeness (QED) is 0.401. The van der Waals surface area contributed by atoms with Gasteiger partial charge in [0.2, 0.25) is 5.91 Å². The van der Waals surface area contributed by atoms with Crippen LogP contribution in [-0.4, -0.2) is 64.2 Å². The molecule has 0 fully saturated rings. The molecule has 1 rings (SSSR count). The van der Waals surface area contributed by atoms with Gasteiger partial charge in [-0.3, -0.25) is 4.79 Å². The van der Waals surface area contributed by atoms with Crippen LogP contribution in [0.15, 0.2) is 29.3 Å². The van der Waals surface area contributed by atoms with Crippen LogP contribution in [0.1, 0.15) is 13.3 Å². The van der Waals surface area contributed by atoms with Gasteiger partial charge in [0.05, 0.1) is 13.7 Å². The molecule has 0 unspecified atom stereocenters. The van der Waals surface area contributed by atoms with Crippen LogP contribution in [-0.2, 0) is 4.79 Å². The number of guanidine groups is 1. The molecule has 1 aromatic rings. The van der Waals surface area contributed by atoms with E-state index in [2.05, 4.69) is 15.6 Å². The van der Waals surface area contributed by atoms with E-state index in [1.54, 1.807) is 21.2 Å². The molecule has 0 atom stereocenters. The average Bonchev–Trinajstić information content (AvgIpc) is 2.59. The summed E-state index contributed by atoms with van der Waals surface area (Å²) in [6, 6.07) is 7.52. The molecule has 2 N–H and O–H groups in total. The summed E-state index contributed by atoms with van der Waals surface area (Å²) in [5.41, 5.74) is 0. The molecule has 0 bridgehead atoms. The zero-order chi connectivity index (χ0) is 17.8. The van der Waals surface area contributed by atoms with E-state index in [0.29, 0.717) is 19.1 Å². The number of amides is 1. The minimum Gasteiger partial charge on any atom is -0.497 e. The zero-order valence-corrected chi connectivity index (χ0v) is 15.0. The third-order valence-corrected chi connectivity index (χ3v) is 3.14. The van der Waals surface area contributed by atoms with Crippen molar-refractivity contribution in [2.75, 3.05) is 47.4 Å². The van der Waals surface area contributed by atoms with Crippen molar-refractivity contribution in [3.8, 4) is 11.5 Å². The van der Waals surface area contributed by atoms with Crippen LogP contribution < -0.4 is 20.1 Å². The SMILES string of the molecule is CCNC(=NCC(=O)N(C)C)NCCCOc1cccc(OC)c1. The Morgan fingerprint density at radius 3 is 2.67 bits per heavy atom. The summed E-state index contributed by atoms with van der Waals surface area (Å²) in [5.74, 6) is 2.16. The second-order valence-corrected chi connectivity index (χ2v) is 5.29. The van der Waals surface area contributed by atoms with Crippen LogP contribution in [0.4, 0.5) is 0 Å². The Balaban J connectivity index is 2.32. The molecule has 0 aliphatic carbocycles. The summed E-state index contributed by atoms with van der Waals surface area (Å²) >= 11 is 0. The highest BCUT2D eigenvalue weighted by Crippen LogP contribution is 2.18. The van der Waals surface area contributed by atoms with Crippen LogP contribution >= 0.6 is 0 Å². The molecule has 0 spiro atoms. The van der Waals surface area contributed by atoms with Gasteiger partial charge >= 0.3 is 0 Å². The zero-order valence-electron chi connectivity index (χ0n) is 15.0. The van der Waals surface area contributed by atoms with E-state index in [1.807, 2.05) is 31.2 Å². The molecule has 0 radical (unpaired) electrons. The summed E-state index contributed by atoms with van der Waals surface area (Å²) in [6.45, 7) is 4.13. The number of hydrogen-bond acceptors (Lipinski definition) is 4. The van der Waals surface area contributed by atoms with Crippen molar-refractivity contribution in [2.45, 2.75) is 13.3 Å². The molecule has 7 nitrogen and oxygen atoms in total. The highest BCUT2D eigenvalue weighted by atomic mass is 16.5. The fourth-order valence-corrected chi connectivity index (χ4v) is 1.79. The van der Waals surface area contributed by atoms with E-state index >= 15 is 0 Å². The predicted molar refractivity (Wildman–Crippen MR) is 95.8 cm³/mol. The van der Waals surface area contributed by atoms with Crippen LogP contribution in [0.5, 0.6) is 11.5 Å². The molecule has 0 aromatic heterocycles. The second-order valence-electron chi connectivity index (χ2n) is 5.29. The van der Waals surface area contributed by atoms with E-state index in [-0.39, 0.29) is 12.5 Å². The van der Waals surface area contributed by atoms with Crippen molar-refractivity contribution in [2.24, 2.45) is 4.99 Å². The van der Waals surface area contributed by atoms with Crippen molar-refractivity contribution in [1.82, 2.24) is 15.5 Å². The highest BCUT2D eigenvalue weighted by molar-refractivity contribution is 5.84. The van der Waals surface area contributed by atoms with Crippen LogP contribution in [0.2, 0.25) is 0 Å². The molecular formula is C17H28N4O3. The van der Waals surface area contributed by atoms with Crippen LogP contribution in [0.25, 0.3) is 0 Å². The van der Waals surface area contributed by atoms with Gasteiger partial charge in [-0.25, -0.2) is 4.99 Å². The molecular weight excluding hydrogens is 308 g/mol. The Kier molecular flexibility index (Phi) is 9.11. The lowest BCUT2D eigenvalue weighted by atomic mass is 10.3. The number of nitrogens with zero attached hydrogens (tertiary/aromatic N) is 2. The van der Waals surface area contributed by atoms with Crippen molar-refractivity contribution >= 4 is 11.9 Å². The number of likely N-dealkylation sites (N-methyl/N-ethyl adjacent to an activating group) is 1. The van der Waals surface area contributed by atoms with Gasteiger partial charge in [-0.05, 0) is 25.5 Å². The third kappa shape index (κ3) is 7.71. The van der Waals surface area contributed by atoms with Crippen LogP contribution in [0, 0.1) is 0 Å². The first kappa shape index (κ1) is 19.6. The van der Waals surface area contributed by atoms with Gasteiger partial charge in [-0.2, -0.15) is 0 Å². The predicted octanol–water partition coefficient (Wildman–Crippen LogP) is 1.11. The second kappa shape index (κ2) is 11.2. The fourth-order valence-electron chi connectivity index (χ4n) is 1.79. The van der Waals surface area contributed by atoms with Gasteiger partial charge in [0.25, 0.3) is 0 Å². The van der Waals surface area contributed by atoms with Crippen molar-refractivity contribution in [1.29, 1.82) is 0 Å². The summed E-state index contributed by atoms with van der Waals surface area (Å²) in [4.78, 5) is 17.4. The number of rotatable bonds is 9. The van der Waals surface area contributed by atoms with Crippen molar-refractivity contribution < 1.29 is 14.3 Å². The number of nitrogens with one attached hydrogen (secondary N) is 2. The molecule has 1 aromatic carbocycles. The minimum absolute atomic E-state index is 0.0337. The Morgan fingerprint density at radius 2 is 2.00 bits per heavy atom. The number of aliphatic imine (C=N–C) groups is 1. The van der Waals surface area contributed by atoms with Gasteiger partial charge < -0.3 is 25.0 Å². The molecule has 7 heteroatoms. The van der Waals surface area contributed by atoms with Crippen molar-refractivity contribution in [3.05, 3.63) is 24.3 Å². The smallest absolute Gasteiger partial charge is 0.243 e. The summed E-state index contributed by atoms with van der Waals surface area (Å²) in [7, 11) is 5.06. The Hall–Kier alpha value is -2.44. The lowest BCUT2D eigenvalue weighted by Gasteiger charge is -2.13. The first-order valence-corrected chi connectivity index (χ1v) is 8.06. The summed E-state index contributed by atoms with van der Waals surface area (Å²) in [5, 5.41) is 6.30. The number of ether oxygens (including phenoxy) is 2. The molecule has 0 aliphatic rings. The normalized spacial score (nSPS) is 10.9. The largest absolute Gasteiger partial charge is 0.497 e. The van der Waals surface area contributed by atoms with Crippen molar-refractivity contribution in [3.63, 3.8) is 0 Å². The topological polar surface area (TPSA) is 75.2 Å². The molecule has 0 saturated carbocycles. The number of carbonyl (C=O) groups is 1. The lowest BCUT2D eigenvalue weighted by Crippen LogP contribution is -2.39. The molecule has 0 heterocycles. The number of carbonyl (C=O) groups excluding carboxylic acids is 1. The minimum atomic E-state index is -0.0337. The van der Waals surface area contributed by atoms with Gasteiger partial charge in [0, 0.05) is 33.3 Å². The molecule has 24 heavy (non-hydrogen) atoms. The Bertz CT molecular complexity index is 532. The van der Waals surface area contributed by atoms with Gasteiger partial charge in [0.15, 0.2) is 5.96 Å². The molecule has 134 valence electrons. The first-order chi connectivity index (χ1) is 11.6. The highest BCUT2D eigenvalue weighted by Gasteiger charge is 2.04. The molecule has 0 saturated heterocycles. The Labute approximate surface area is 144 Å². The Morgan fingerprint density at radius 1 is 1.25 bits per heavy atom.